The van der Waals surface area contributed by atoms with Gasteiger partial charge in [-0.05, 0) is 72.7 Å². The number of hydrogen-bond donors (Lipinski definition) is 1. The molecule has 0 bridgehead atoms. The number of nitrogens with zero attached hydrogens (tertiary/aromatic N) is 2. The molecule has 2 aliphatic rings. The molecule has 1 unspecified atom stereocenters. The molecule has 1 N–H and O–H groups in total. The third kappa shape index (κ3) is 4.93. The number of aromatic nitrogens is 1. The molecule has 29 heavy (non-hydrogen) atoms. The van der Waals surface area contributed by atoms with E-state index in [2.05, 4.69) is 10.3 Å². The molecule has 2 fully saturated rings. The van der Waals surface area contributed by atoms with Crippen molar-refractivity contribution in [3.8, 4) is 0 Å². The Morgan fingerprint density at radius 1 is 1.24 bits per heavy atom. The molecule has 6 heteroatoms. The van der Waals surface area contributed by atoms with Crippen LogP contribution in [0.5, 0.6) is 0 Å². The van der Waals surface area contributed by atoms with Gasteiger partial charge in [-0.2, -0.15) is 0 Å². The zero-order valence-electron chi connectivity index (χ0n) is 16.5. The Hall–Kier alpha value is -2.47. The standard InChI is InChI=1S/C23H27N3O2S/c27-21(6-5-19-4-2-16-29-19)26-14-9-23(10-15-26)17-20(23)22(28)25-11-1-3-18-7-12-24-13-8-18/h2,4-8,12-13,16,20H,1,3,9-11,14-15,17H2,(H,25,28). The predicted octanol–water partition coefficient (Wildman–Crippen LogP) is 3.53. The van der Waals surface area contributed by atoms with E-state index < -0.39 is 0 Å². The largest absolute Gasteiger partial charge is 0.356 e. The number of hydrogen-bond acceptors (Lipinski definition) is 4. The lowest BCUT2D eigenvalue weighted by Crippen LogP contribution is -2.40. The molecule has 2 aromatic heterocycles. The van der Waals surface area contributed by atoms with E-state index in [1.165, 1.54) is 5.56 Å². The van der Waals surface area contributed by atoms with E-state index in [9.17, 15) is 9.59 Å². The van der Waals surface area contributed by atoms with Gasteiger partial charge in [0.1, 0.15) is 0 Å². The van der Waals surface area contributed by atoms with Crippen molar-refractivity contribution >= 4 is 29.2 Å². The van der Waals surface area contributed by atoms with Gasteiger partial charge in [0.15, 0.2) is 0 Å². The smallest absolute Gasteiger partial charge is 0.246 e. The van der Waals surface area contributed by atoms with Crippen molar-refractivity contribution in [2.45, 2.75) is 32.1 Å². The van der Waals surface area contributed by atoms with Gasteiger partial charge in [0.25, 0.3) is 0 Å². The molecule has 1 saturated heterocycles. The van der Waals surface area contributed by atoms with Crippen molar-refractivity contribution in [3.63, 3.8) is 0 Å². The van der Waals surface area contributed by atoms with Gasteiger partial charge in [-0.1, -0.05) is 6.07 Å². The number of pyridine rings is 1. The van der Waals surface area contributed by atoms with Crippen LogP contribution in [0, 0.1) is 11.3 Å². The monoisotopic (exact) mass is 409 g/mol. The van der Waals surface area contributed by atoms with E-state index >= 15 is 0 Å². The number of aryl methyl sites for hydroxylation is 1. The summed E-state index contributed by atoms with van der Waals surface area (Å²) in [5, 5.41) is 5.12. The zero-order valence-corrected chi connectivity index (χ0v) is 17.4. The van der Waals surface area contributed by atoms with E-state index in [1.807, 2.05) is 40.6 Å². The van der Waals surface area contributed by atoms with Crippen molar-refractivity contribution < 1.29 is 9.59 Å². The van der Waals surface area contributed by atoms with Crippen LogP contribution in [-0.4, -0.2) is 41.3 Å². The summed E-state index contributed by atoms with van der Waals surface area (Å²) < 4.78 is 0. The highest BCUT2D eigenvalue weighted by Gasteiger charge is 2.58. The fourth-order valence-electron chi connectivity index (χ4n) is 4.27. The van der Waals surface area contributed by atoms with Crippen LogP contribution < -0.4 is 5.32 Å². The first kappa shape index (κ1) is 19.8. The van der Waals surface area contributed by atoms with Crippen LogP contribution in [0.3, 0.4) is 0 Å². The maximum absolute atomic E-state index is 12.5. The number of piperidine rings is 1. The lowest BCUT2D eigenvalue weighted by atomic mass is 9.90. The van der Waals surface area contributed by atoms with Crippen LogP contribution in [-0.2, 0) is 16.0 Å². The van der Waals surface area contributed by atoms with Crippen molar-refractivity contribution in [2.75, 3.05) is 19.6 Å². The van der Waals surface area contributed by atoms with Crippen molar-refractivity contribution in [1.29, 1.82) is 0 Å². The van der Waals surface area contributed by atoms with Crippen LogP contribution >= 0.6 is 11.3 Å². The normalized spacial score (nSPS) is 20.1. The van der Waals surface area contributed by atoms with Gasteiger partial charge in [0, 0.05) is 48.9 Å². The fourth-order valence-corrected chi connectivity index (χ4v) is 4.88. The maximum atomic E-state index is 12.5. The second-order valence-corrected chi connectivity index (χ2v) is 9.02. The molecule has 3 heterocycles. The molecule has 152 valence electrons. The Balaban J connectivity index is 1.17. The van der Waals surface area contributed by atoms with Crippen LogP contribution in [0.4, 0.5) is 0 Å². The van der Waals surface area contributed by atoms with Gasteiger partial charge in [0.05, 0.1) is 0 Å². The molecule has 1 aliphatic carbocycles. The van der Waals surface area contributed by atoms with Gasteiger partial charge in [-0.15, -0.1) is 11.3 Å². The molecule has 1 spiro atoms. The van der Waals surface area contributed by atoms with Crippen LogP contribution in [0.2, 0.25) is 0 Å². The lowest BCUT2D eigenvalue weighted by molar-refractivity contribution is -0.127. The van der Waals surface area contributed by atoms with E-state index in [0.717, 1.165) is 50.1 Å². The van der Waals surface area contributed by atoms with Gasteiger partial charge >= 0.3 is 0 Å². The zero-order chi connectivity index (χ0) is 20.1. The summed E-state index contributed by atoms with van der Waals surface area (Å²) >= 11 is 1.63. The van der Waals surface area contributed by atoms with E-state index in [-0.39, 0.29) is 23.1 Å². The number of carbonyl (C=O) groups excluding carboxylic acids is 2. The lowest BCUT2D eigenvalue weighted by Gasteiger charge is -2.32. The first-order chi connectivity index (χ1) is 14.2. The minimum atomic E-state index is 0.0750. The summed E-state index contributed by atoms with van der Waals surface area (Å²) in [5.74, 6) is 0.394. The second-order valence-electron chi connectivity index (χ2n) is 8.04. The maximum Gasteiger partial charge on any atom is 0.246 e. The molecule has 0 aromatic carbocycles. The van der Waals surface area contributed by atoms with Gasteiger partial charge in [0.2, 0.25) is 11.8 Å². The van der Waals surface area contributed by atoms with E-state index in [1.54, 1.807) is 29.8 Å². The number of amides is 2. The molecule has 2 aromatic rings. The average Bonchev–Trinajstić information content (AvgIpc) is 3.19. The van der Waals surface area contributed by atoms with Crippen molar-refractivity contribution in [1.82, 2.24) is 15.2 Å². The minimum Gasteiger partial charge on any atom is -0.356 e. The first-order valence-electron chi connectivity index (χ1n) is 10.3. The Morgan fingerprint density at radius 3 is 2.76 bits per heavy atom. The summed E-state index contributed by atoms with van der Waals surface area (Å²) in [5.41, 5.74) is 1.38. The highest BCUT2D eigenvalue weighted by atomic mass is 32.1. The molecule has 1 atom stereocenters. The van der Waals surface area contributed by atoms with E-state index in [4.69, 9.17) is 0 Å². The fraction of sp³-hybridized carbons (Fsp3) is 0.435. The van der Waals surface area contributed by atoms with Gasteiger partial charge in [-0.25, -0.2) is 0 Å². The Labute approximate surface area is 175 Å². The Kier molecular flexibility index (Phi) is 6.09. The molecular weight excluding hydrogens is 382 g/mol. The summed E-state index contributed by atoms with van der Waals surface area (Å²) in [4.78, 5) is 31.9. The first-order valence-corrected chi connectivity index (χ1v) is 11.2. The number of likely N-dealkylation sites (tertiary alicyclic amines) is 1. The predicted molar refractivity (Wildman–Crippen MR) is 115 cm³/mol. The molecule has 1 aliphatic heterocycles. The molecule has 1 saturated carbocycles. The summed E-state index contributed by atoms with van der Waals surface area (Å²) in [6, 6.07) is 8.02. The number of nitrogens with one attached hydrogen (secondary N) is 1. The van der Waals surface area contributed by atoms with Gasteiger partial charge in [-0.3, -0.25) is 14.6 Å². The number of carbonyl (C=O) groups is 2. The van der Waals surface area contributed by atoms with Crippen LogP contribution in [0.15, 0.2) is 48.1 Å². The summed E-state index contributed by atoms with van der Waals surface area (Å²) in [6.07, 6.45) is 11.9. The minimum absolute atomic E-state index is 0.0750. The highest BCUT2D eigenvalue weighted by Crippen LogP contribution is 2.59. The quantitative estimate of drug-likeness (QED) is 0.562. The van der Waals surface area contributed by atoms with Crippen molar-refractivity contribution in [2.24, 2.45) is 11.3 Å². The molecule has 4 rings (SSSR count). The highest BCUT2D eigenvalue weighted by molar-refractivity contribution is 7.10. The van der Waals surface area contributed by atoms with Gasteiger partial charge < -0.3 is 10.2 Å². The molecule has 2 amide bonds. The Bertz CT molecular complexity index is 856. The number of thiophene rings is 1. The van der Waals surface area contributed by atoms with Crippen molar-refractivity contribution in [3.05, 3.63) is 58.6 Å². The van der Waals surface area contributed by atoms with Crippen LogP contribution in [0.25, 0.3) is 6.08 Å². The molecule has 0 radical (unpaired) electrons. The topological polar surface area (TPSA) is 62.3 Å². The Morgan fingerprint density at radius 2 is 2.03 bits per heavy atom. The second kappa shape index (κ2) is 8.91. The SMILES string of the molecule is O=C(NCCCc1ccncc1)C1CC12CCN(C(=O)C=Cc1cccs1)CC2. The number of rotatable bonds is 7. The van der Waals surface area contributed by atoms with E-state index in [0.29, 0.717) is 6.54 Å². The summed E-state index contributed by atoms with van der Waals surface area (Å²) in [7, 11) is 0. The molecular formula is C23H27N3O2S. The third-order valence-corrected chi connectivity index (χ3v) is 7.04. The average molecular weight is 410 g/mol. The van der Waals surface area contributed by atoms with Crippen LogP contribution in [0.1, 0.15) is 36.1 Å². The third-order valence-electron chi connectivity index (χ3n) is 6.20. The summed E-state index contributed by atoms with van der Waals surface area (Å²) in [6.45, 7) is 2.21. The molecule has 5 nitrogen and oxygen atoms in total.